The van der Waals surface area contributed by atoms with Gasteiger partial charge in [-0.1, -0.05) is 24.3 Å². The van der Waals surface area contributed by atoms with Crippen LogP contribution in [0.15, 0.2) is 72.4 Å². The standard InChI is InChI=1S/C25H18N4O4/c1-2-11-29-18-6-4-3-5-17(18)21-19(29)12-15(20-22(21)24(31)27-23(20)30)13-26-28-16-9-7-14(8-10-16)25(32)33/h2-10,12-13,28H,1,11H2,(H,32,33)(H,27,30,31)/b26-13+. The van der Waals surface area contributed by atoms with Gasteiger partial charge in [-0.15, -0.1) is 6.58 Å². The molecule has 8 heteroatoms. The largest absolute Gasteiger partial charge is 0.478 e. The zero-order valence-electron chi connectivity index (χ0n) is 17.3. The molecule has 4 aromatic rings. The maximum atomic E-state index is 12.8. The molecule has 0 unspecified atom stereocenters. The molecule has 162 valence electrons. The lowest BCUT2D eigenvalue weighted by Gasteiger charge is -2.07. The predicted octanol–water partition coefficient (Wildman–Crippen LogP) is 4.01. The molecule has 0 saturated heterocycles. The van der Waals surface area contributed by atoms with Gasteiger partial charge in [0, 0.05) is 28.4 Å². The minimum Gasteiger partial charge on any atom is -0.478 e. The average Bonchev–Trinajstić information content (AvgIpc) is 3.28. The van der Waals surface area contributed by atoms with Crippen molar-refractivity contribution in [3.8, 4) is 0 Å². The Kier molecular flexibility index (Phi) is 4.75. The first-order valence-electron chi connectivity index (χ1n) is 10.2. The fraction of sp³-hybridized carbons (Fsp3) is 0.0400. The highest BCUT2D eigenvalue weighted by atomic mass is 16.4. The number of carbonyl (C=O) groups excluding carboxylic acids is 2. The summed E-state index contributed by atoms with van der Waals surface area (Å²) < 4.78 is 2.05. The van der Waals surface area contributed by atoms with Crippen molar-refractivity contribution in [1.29, 1.82) is 0 Å². The van der Waals surface area contributed by atoms with Crippen molar-refractivity contribution in [2.75, 3.05) is 5.43 Å². The van der Waals surface area contributed by atoms with Gasteiger partial charge in [-0.2, -0.15) is 5.10 Å². The molecule has 0 saturated carbocycles. The third kappa shape index (κ3) is 3.25. The van der Waals surface area contributed by atoms with Gasteiger partial charge in [0.2, 0.25) is 0 Å². The monoisotopic (exact) mass is 438 g/mol. The van der Waals surface area contributed by atoms with E-state index in [-0.39, 0.29) is 11.1 Å². The van der Waals surface area contributed by atoms with Crippen LogP contribution in [-0.2, 0) is 6.54 Å². The van der Waals surface area contributed by atoms with Crippen LogP contribution in [0.5, 0.6) is 0 Å². The van der Waals surface area contributed by atoms with Gasteiger partial charge in [0.1, 0.15) is 0 Å². The molecule has 2 amide bonds. The number of hydrazone groups is 1. The summed E-state index contributed by atoms with van der Waals surface area (Å²) in [6.45, 7) is 4.37. The van der Waals surface area contributed by atoms with E-state index < -0.39 is 17.8 Å². The lowest BCUT2D eigenvalue weighted by atomic mass is 9.97. The number of para-hydroxylation sites is 1. The topological polar surface area (TPSA) is 113 Å². The van der Waals surface area contributed by atoms with E-state index in [1.807, 2.05) is 34.9 Å². The van der Waals surface area contributed by atoms with Crippen LogP contribution in [-0.4, -0.2) is 33.7 Å². The molecule has 1 aliphatic rings. The molecule has 8 nitrogen and oxygen atoms in total. The summed E-state index contributed by atoms with van der Waals surface area (Å²) in [6, 6.07) is 15.7. The number of aromatic nitrogens is 1. The Morgan fingerprint density at radius 3 is 2.52 bits per heavy atom. The molecular formula is C25H18N4O4. The third-order valence-electron chi connectivity index (χ3n) is 5.61. The van der Waals surface area contributed by atoms with Crippen LogP contribution in [0.25, 0.3) is 21.8 Å². The first kappa shape index (κ1) is 20.2. The highest BCUT2D eigenvalue weighted by Crippen LogP contribution is 2.36. The molecule has 3 aromatic carbocycles. The summed E-state index contributed by atoms with van der Waals surface area (Å²) in [4.78, 5) is 36.4. The molecule has 1 aliphatic heterocycles. The number of aromatic carboxylic acids is 1. The minimum absolute atomic E-state index is 0.165. The van der Waals surface area contributed by atoms with E-state index >= 15 is 0 Å². The number of hydrogen-bond donors (Lipinski definition) is 3. The maximum Gasteiger partial charge on any atom is 0.335 e. The molecule has 0 bridgehead atoms. The summed E-state index contributed by atoms with van der Waals surface area (Å²) in [7, 11) is 0. The van der Waals surface area contributed by atoms with Gasteiger partial charge in [0.25, 0.3) is 11.8 Å². The van der Waals surface area contributed by atoms with Crippen molar-refractivity contribution >= 4 is 51.5 Å². The van der Waals surface area contributed by atoms with Crippen molar-refractivity contribution < 1.29 is 19.5 Å². The van der Waals surface area contributed by atoms with Gasteiger partial charge in [-0.25, -0.2) is 4.79 Å². The molecule has 0 aliphatic carbocycles. The first-order valence-corrected chi connectivity index (χ1v) is 10.2. The lowest BCUT2D eigenvalue weighted by Crippen LogP contribution is -2.20. The van der Waals surface area contributed by atoms with E-state index in [0.717, 1.165) is 21.8 Å². The Balaban J connectivity index is 1.65. The van der Waals surface area contributed by atoms with Crippen molar-refractivity contribution in [1.82, 2.24) is 9.88 Å². The van der Waals surface area contributed by atoms with E-state index in [0.29, 0.717) is 23.4 Å². The Morgan fingerprint density at radius 1 is 1.06 bits per heavy atom. The van der Waals surface area contributed by atoms with E-state index in [2.05, 4.69) is 22.4 Å². The number of carboxylic acids is 1. The van der Waals surface area contributed by atoms with Crippen LogP contribution in [0.4, 0.5) is 5.69 Å². The molecule has 0 radical (unpaired) electrons. The maximum absolute atomic E-state index is 12.8. The number of carbonyl (C=O) groups is 3. The fourth-order valence-corrected chi connectivity index (χ4v) is 4.22. The Hall–Kier alpha value is -4.72. The minimum atomic E-state index is -1.01. The highest BCUT2D eigenvalue weighted by Gasteiger charge is 2.33. The molecule has 1 aromatic heterocycles. The van der Waals surface area contributed by atoms with E-state index in [1.165, 1.54) is 18.3 Å². The Labute approximate surface area is 187 Å². The number of benzene rings is 3. The molecule has 5 rings (SSSR count). The van der Waals surface area contributed by atoms with Gasteiger partial charge < -0.3 is 9.67 Å². The number of amides is 2. The van der Waals surface area contributed by atoms with Crippen LogP contribution in [0.1, 0.15) is 36.6 Å². The first-order chi connectivity index (χ1) is 16.0. The molecule has 0 fully saturated rings. The second-order valence-corrected chi connectivity index (χ2v) is 7.56. The summed E-state index contributed by atoms with van der Waals surface area (Å²) >= 11 is 0. The highest BCUT2D eigenvalue weighted by molar-refractivity contribution is 6.32. The van der Waals surface area contributed by atoms with Crippen LogP contribution in [0.2, 0.25) is 0 Å². The van der Waals surface area contributed by atoms with Crippen molar-refractivity contribution in [2.24, 2.45) is 5.10 Å². The molecule has 0 spiro atoms. The number of carboxylic acid groups (broad SMARTS) is 1. The van der Waals surface area contributed by atoms with Gasteiger partial charge in [0.05, 0.1) is 34.1 Å². The second-order valence-electron chi connectivity index (χ2n) is 7.56. The van der Waals surface area contributed by atoms with E-state index in [9.17, 15) is 14.4 Å². The molecule has 0 atom stereocenters. The summed E-state index contributed by atoms with van der Waals surface area (Å²) in [5.41, 5.74) is 6.41. The zero-order valence-corrected chi connectivity index (χ0v) is 17.3. The van der Waals surface area contributed by atoms with Crippen molar-refractivity contribution in [3.63, 3.8) is 0 Å². The number of hydrogen-bond acceptors (Lipinski definition) is 5. The normalized spacial score (nSPS) is 13.0. The van der Waals surface area contributed by atoms with Gasteiger partial charge in [-0.05, 0) is 36.4 Å². The number of nitrogens with one attached hydrogen (secondary N) is 2. The second kappa shape index (κ2) is 7.76. The van der Waals surface area contributed by atoms with Crippen LogP contribution < -0.4 is 10.7 Å². The Morgan fingerprint density at radius 2 is 1.79 bits per heavy atom. The average molecular weight is 438 g/mol. The van der Waals surface area contributed by atoms with Gasteiger partial charge in [-0.3, -0.25) is 20.3 Å². The van der Waals surface area contributed by atoms with E-state index in [1.54, 1.807) is 18.2 Å². The number of fused-ring (bicyclic) bond motifs is 5. The van der Waals surface area contributed by atoms with Gasteiger partial charge >= 0.3 is 5.97 Å². The summed E-state index contributed by atoms with van der Waals surface area (Å²) in [5.74, 6) is -1.92. The molecule has 3 N–H and O–H groups in total. The Bertz CT molecular complexity index is 1510. The SMILES string of the molecule is C=CCn1c2ccccc2c2c3c(c(/C=N/Nc4ccc(C(=O)O)cc4)cc21)C(=O)NC3=O. The smallest absolute Gasteiger partial charge is 0.335 e. The number of nitrogens with zero attached hydrogens (tertiary/aromatic N) is 2. The fourth-order valence-electron chi connectivity index (χ4n) is 4.22. The third-order valence-corrected chi connectivity index (χ3v) is 5.61. The molecule has 33 heavy (non-hydrogen) atoms. The summed E-state index contributed by atoms with van der Waals surface area (Å²) in [5, 5.41) is 17.2. The number of allylic oxidation sites excluding steroid dienone is 1. The molecule has 2 heterocycles. The summed E-state index contributed by atoms with van der Waals surface area (Å²) in [6.07, 6.45) is 3.26. The quantitative estimate of drug-likeness (QED) is 0.182. The van der Waals surface area contributed by atoms with Crippen LogP contribution in [0.3, 0.4) is 0 Å². The van der Waals surface area contributed by atoms with Gasteiger partial charge in [0.15, 0.2) is 0 Å². The number of rotatable bonds is 6. The van der Waals surface area contributed by atoms with Crippen LogP contribution in [0, 0.1) is 0 Å². The molecular weight excluding hydrogens is 420 g/mol. The predicted molar refractivity (Wildman–Crippen MR) is 126 cm³/mol. The number of anilines is 1. The lowest BCUT2D eigenvalue weighted by molar-refractivity contribution is 0.0696. The number of imide groups is 1. The van der Waals surface area contributed by atoms with Crippen molar-refractivity contribution in [3.05, 3.63) is 89.5 Å². The van der Waals surface area contributed by atoms with Crippen LogP contribution >= 0.6 is 0 Å². The van der Waals surface area contributed by atoms with Crippen molar-refractivity contribution in [2.45, 2.75) is 6.54 Å². The zero-order chi connectivity index (χ0) is 23.1. The van der Waals surface area contributed by atoms with E-state index in [4.69, 9.17) is 5.11 Å².